The molecule has 0 aliphatic heterocycles. The van der Waals surface area contributed by atoms with Crippen LogP contribution in [0.5, 0.6) is 0 Å². The lowest BCUT2D eigenvalue weighted by Gasteiger charge is -2.06. The zero-order valence-corrected chi connectivity index (χ0v) is 12.3. The number of pyridine rings is 1. The van der Waals surface area contributed by atoms with Gasteiger partial charge in [-0.25, -0.2) is 4.98 Å². The third-order valence-corrected chi connectivity index (χ3v) is 4.34. The predicted molar refractivity (Wildman–Crippen MR) is 82.4 cm³/mol. The maximum Gasteiger partial charge on any atom is 0.259 e. The van der Waals surface area contributed by atoms with Crippen molar-refractivity contribution in [3.05, 3.63) is 52.5 Å². The minimum absolute atomic E-state index is 0.178. The molecule has 1 amide bonds. The molecule has 0 saturated carbocycles. The first-order chi connectivity index (χ1) is 9.74. The molecule has 0 fully saturated rings. The Morgan fingerprint density at radius 2 is 2.10 bits per heavy atom. The van der Waals surface area contributed by atoms with E-state index in [1.165, 1.54) is 11.3 Å². The zero-order chi connectivity index (χ0) is 13.9. The highest BCUT2D eigenvalue weighted by molar-refractivity contribution is 7.14. The topological polar surface area (TPSA) is 54.9 Å². The number of amides is 1. The van der Waals surface area contributed by atoms with Crippen molar-refractivity contribution in [3.8, 4) is 10.6 Å². The van der Waals surface area contributed by atoms with E-state index in [0.717, 1.165) is 10.6 Å². The quantitative estimate of drug-likeness (QED) is 0.800. The fourth-order valence-corrected chi connectivity index (χ4v) is 3.03. The van der Waals surface area contributed by atoms with Gasteiger partial charge in [-0.1, -0.05) is 6.07 Å². The van der Waals surface area contributed by atoms with Gasteiger partial charge >= 0.3 is 0 Å². The molecule has 3 rings (SSSR count). The summed E-state index contributed by atoms with van der Waals surface area (Å²) >= 11 is 3.02. The van der Waals surface area contributed by atoms with Crippen molar-refractivity contribution < 1.29 is 4.79 Å². The number of thiophene rings is 1. The van der Waals surface area contributed by atoms with Gasteiger partial charge in [-0.2, -0.15) is 0 Å². The molecule has 20 heavy (non-hydrogen) atoms. The van der Waals surface area contributed by atoms with Gasteiger partial charge in [0.2, 0.25) is 0 Å². The molecule has 3 aromatic rings. The lowest BCUT2D eigenvalue weighted by Crippen LogP contribution is -2.14. The second kappa shape index (κ2) is 5.52. The fourth-order valence-electron chi connectivity index (χ4n) is 1.81. The molecule has 1 N–H and O–H groups in total. The van der Waals surface area contributed by atoms with Gasteiger partial charge in [0.25, 0.3) is 5.91 Å². The SMILES string of the molecule is Cc1nc(-c2cccs2)ccc1C(=O)Nc1nccs1. The van der Waals surface area contributed by atoms with Gasteiger partial charge in [0.15, 0.2) is 5.13 Å². The van der Waals surface area contributed by atoms with Gasteiger partial charge in [-0.05, 0) is 30.5 Å². The Morgan fingerprint density at radius 1 is 1.20 bits per heavy atom. The molecule has 100 valence electrons. The zero-order valence-electron chi connectivity index (χ0n) is 10.7. The molecule has 0 atom stereocenters. The number of thiazole rings is 1. The predicted octanol–water partition coefficient (Wildman–Crippen LogP) is 3.83. The number of anilines is 1. The summed E-state index contributed by atoms with van der Waals surface area (Å²) in [5, 5.41) is 7.19. The van der Waals surface area contributed by atoms with Crippen molar-refractivity contribution in [3.63, 3.8) is 0 Å². The van der Waals surface area contributed by atoms with E-state index in [1.54, 1.807) is 23.6 Å². The first-order valence-corrected chi connectivity index (χ1v) is 7.72. The van der Waals surface area contributed by atoms with Crippen LogP contribution >= 0.6 is 22.7 Å². The molecule has 6 heteroatoms. The van der Waals surface area contributed by atoms with Crippen LogP contribution < -0.4 is 5.32 Å². The van der Waals surface area contributed by atoms with Gasteiger partial charge in [-0.15, -0.1) is 22.7 Å². The first-order valence-electron chi connectivity index (χ1n) is 5.96. The van der Waals surface area contributed by atoms with E-state index in [4.69, 9.17) is 0 Å². The van der Waals surface area contributed by atoms with Crippen LogP contribution in [0.1, 0.15) is 16.1 Å². The fraction of sp³-hybridized carbons (Fsp3) is 0.0714. The van der Waals surface area contributed by atoms with Crippen molar-refractivity contribution in [1.82, 2.24) is 9.97 Å². The van der Waals surface area contributed by atoms with Crippen LogP contribution in [-0.2, 0) is 0 Å². The van der Waals surface area contributed by atoms with Crippen LogP contribution in [0.15, 0.2) is 41.2 Å². The second-order valence-corrected chi connectivity index (χ2v) is 5.94. The summed E-state index contributed by atoms with van der Waals surface area (Å²) < 4.78 is 0. The lowest BCUT2D eigenvalue weighted by molar-refractivity contribution is 0.102. The van der Waals surface area contributed by atoms with Crippen molar-refractivity contribution in [1.29, 1.82) is 0 Å². The highest BCUT2D eigenvalue weighted by atomic mass is 32.1. The monoisotopic (exact) mass is 301 g/mol. The number of nitrogens with zero attached hydrogens (tertiary/aromatic N) is 2. The standard InChI is InChI=1S/C14H11N3OS2/c1-9-10(13(18)17-14-15-6-8-20-14)4-5-11(16-9)12-3-2-7-19-12/h2-8H,1H3,(H,15,17,18). The molecule has 3 aromatic heterocycles. The Morgan fingerprint density at radius 3 is 2.75 bits per heavy atom. The van der Waals surface area contributed by atoms with Crippen LogP contribution in [0.2, 0.25) is 0 Å². The molecule has 0 aromatic carbocycles. The summed E-state index contributed by atoms with van der Waals surface area (Å²) in [6.45, 7) is 1.84. The lowest BCUT2D eigenvalue weighted by atomic mass is 10.1. The Hall–Kier alpha value is -2.05. The van der Waals surface area contributed by atoms with E-state index in [2.05, 4.69) is 15.3 Å². The Kier molecular flexibility index (Phi) is 3.58. The first kappa shape index (κ1) is 13.0. The van der Waals surface area contributed by atoms with Crippen LogP contribution in [0, 0.1) is 6.92 Å². The maximum absolute atomic E-state index is 12.1. The number of hydrogen-bond acceptors (Lipinski definition) is 5. The number of carbonyl (C=O) groups excluding carboxylic acids is 1. The smallest absolute Gasteiger partial charge is 0.259 e. The van der Waals surface area contributed by atoms with E-state index < -0.39 is 0 Å². The molecule has 0 aliphatic carbocycles. The number of aromatic nitrogens is 2. The van der Waals surface area contributed by atoms with Crippen LogP contribution in [-0.4, -0.2) is 15.9 Å². The van der Waals surface area contributed by atoms with Crippen LogP contribution in [0.25, 0.3) is 10.6 Å². The van der Waals surface area contributed by atoms with E-state index >= 15 is 0 Å². The number of carbonyl (C=O) groups is 1. The molecule has 0 radical (unpaired) electrons. The molecule has 0 saturated heterocycles. The molecule has 3 heterocycles. The average molecular weight is 301 g/mol. The van der Waals surface area contributed by atoms with E-state index in [0.29, 0.717) is 16.4 Å². The molecule has 0 bridgehead atoms. The number of rotatable bonds is 3. The third-order valence-electron chi connectivity index (χ3n) is 2.76. The highest BCUT2D eigenvalue weighted by Crippen LogP contribution is 2.24. The van der Waals surface area contributed by atoms with Crippen molar-refractivity contribution in [2.24, 2.45) is 0 Å². The Bertz CT molecular complexity index is 721. The van der Waals surface area contributed by atoms with Gasteiger partial charge in [0, 0.05) is 11.6 Å². The number of nitrogens with one attached hydrogen (secondary N) is 1. The molecule has 0 aliphatic rings. The van der Waals surface area contributed by atoms with Crippen molar-refractivity contribution >= 4 is 33.7 Å². The van der Waals surface area contributed by atoms with Gasteiger partial charge < -0.3 is 0 Å². The minimum Gasteiger partial charge on any atom is -0.298 e. The molecular formula is C14H11N3OS2. The summed E-state index contributed by atoms with van der Waals surface area (Å²) in [5.41, 5.74) is 2.17. The average Bonchev–Trinajstić information content (AvgIpc) is 3.11. The number of aryl methyl sites for hydroxylation is 1. The molecular weight excluding hydrogens is 290 g/mol. The second-order valence-electron chi connectivity index (χ2n) is 4.10. The number of hydrogen-bond donors (Lipinski definition) is 1. The van der Waals surface area contributed by atoms with Crippen LogP contribution in [0.4, 0.5) is 5.13 Å². The molecule has 4 nitrogen and oxygen atoms in total. The Labute approximate surface area is 124 Å². The molecule has 0 spiro atoms. The summed E-state index contributed by atoms with van der Waals surface area (Å²) in [6, 6.07) is 7.68. The largest absolute Gasteiger partial charge is 0.298 e. The summed E-state index contributed by atoms with van der Waals surface area (Å²) in [6.07, 6.45) is 1.66. The molecule has 0 unspecified atom stereocenters. The van der Waals surface area contributed by atoms with E-state index in [-0.39, 0.29) is 5.91 Å². The Balaban J connectivity index is 1.86. The van der Waals surface area contributed by atoms with Gasteiger partial charge in [0.1, 0.15) is 0 Å². The van der Waals surface area contributed by atoms with Crippen molar-refractivity contribution in [2.45, 2.75) is 6.92 Å². The summed E-state index contributed by atoms with van der Waals surface area (Å²) in [5.74, 6) is -0.178. The normalized spacial score (nSPS) is 10.4. The van der Waals surface area contributed by atoms with Crippen LogP contribution in [0.3, 0.4) is 0 Å². The van der Waals surface area contributed by atoms with Crippen molar-refractivity contribution in [2.75, 3.05) is 5.32 Å². The van der Waals surface area contributed by atoms with E-state index in [9.17, 15) is 4.79 Å². The third kappa shape index (κ3) is 2.61. The van der Waals surface area contributed by atoms with E-state index in [1.807, 2.05) is 35.9 Å². The maximum atomic E-state index is 12.1. The summed E-state index contributed by atoms with van der Waals surface area (Å²) in [7, 11) is 0. The van der Waals surface area contributed by atoms with Gasteiger partial charge in [-0.3, -0.25) is 15.1 Å². The minimum atomic E-state index is -0.178. The summed E-state index contributed by atoms with van der Waals surface area (Å²) in [4.78, 5) is 21.8. The highest BCUT2D eigenvalue weighted by Gasteiger charge is 2.12. The van der Waals surface area contributed by atoms with Gasteiger partial charge in [0.05, 0.1) is 21.8 Å².